The highest BCUT2D eigenvalue weighted by Crippen LogP contribution is 2.33. The maximum Gasteiger partial charge on any atom is 0.232 e. The average molecular weight is 415 g/mol. The smallest absolute Gasteiger partial charge is 0.232 e. The Morgan fingerprint density at radius 2 is 2.00 bits per heavy atom. The Morgan fingerprint density at radius 1 is 1.13 bits per heavy atom. The molecule has 1 aliphatic heterocycles. The minimum Gasteiger partial charge on any atom is -0.339 e. The molecule has 7 nitrogen and oxygen atoms in total. The van der Waals surface area contributed by atoms with Crippen molar-refractivity contribution in [2.45, 2.75) is 46.1 Å². The molecule has 1 unspecified atom stereocenters. The van der Waals surface area contributed by atoms with Crippen molar-refractivity contribution < 1.29 is 9.32 Å². The van der Waals surface area contributed by atoms with Gasteiger partial charge < -0.3 is 14.0 Å². The summed E-state index contributed by atoms with van der Waals surface area (Å²) in [5, 5.41) is 4.18. The summed E-state index contributed by atoms with van der Waals surface area (Å²) >= 11 is 0. The molecule has 1 fully saturated rings. The van der Waals surface area contributed by atoms with Crippen LogP contribution in [0.1, 0.15) is 42.7 Å². The molecular formula is C24H25N5O2. The first kappa shape index (κ1) is 19.5. The molecule has 1 atom stereocenters. The lowest BCUT2D eigenvalue weighted by Gasteiger charge is -2.17. The summed E-state index contributed by atoms with van der Waals surface area (Å²) in [6, 6.07) is 12.1. The first-order valence-corrected chi connectivity index (χ1v) is 10.7. The molecule has 0 radical (unpaired) electrons. The van der Waals surface area contributed by atoms with Crippen LogP contribution in [0.15, 0.2) is 47.2 Å². The van der Waals surface area contributed by atoms with Crippen LogP contribution in [0.4, 0.5) is 5.69 Å². The highest BCUT2D eigenvalue weighted by Gasteiger charge is 2.35. The Hall–Kier alpha value is -3.48. The minimum absolute atomic E-state index is 0.0795. The molecule has 1 saturated heterocycles. The molecule has 1 aliphatic rings. The zero-order valence-corrected chi connectivity index (χ0v) is 18.0. The van der Waals surface area contributed by atoms with Gasteiger partial charge in [-0.05, 0) is 61.7 Å². The van der Waals surface area contributed by atoms with Gasteiger partial charge in [0.05, 0.1) is 23.3 Å². The van der Waals surface area contributed by atoms with Crippen LogP contribution in [0.5, 0.6) is 0 Å². The standard InChI is InChI=1S/C24H25N5O2/c1-4-9-28-14-25-20-11-17(6-8-21(20)28)23-26-24(31-27-23)18-12-22(30)29(13-18)19-7-5-15(2)16(3)10-19/h5-8,10-11,14,18H,4,9,12-13H2,1-3H3. The summed E-state index contributed by atoms with van der Waals surface area (Å²) in [7, 11) is 0. The fourth-order valence-corrected chi connectivity index (χ4v) is 4.16. The van der Waals surface area contributed by atoms with Crippen molar-refractivity contribution in [1.82, 2.24) is 19.7 Å². The van der Waals surface area contributed by atoms with Crippen molar-refractivity contribution in [2.75, 3.05) is 11.4 Å². The summed E-state index contributed by atoms with van der Waals surface area (Å²) in [6.45, 7) is 7.76. The van der Waals surface area contributed by atoms with Gasteiger partial charge in [0.15, 0.2) is 0 Å². The molecule has 2 aromatic heterocycles. The van der Waals surface area contributed by atoms with Gasteiger partial charge in [0.25, 0.3) is 0 Å². The van der Waals surface area contributed by atoms with Crippen LogP contribution < -0.4 is 4.90 Å². The largest absolute Gasteiger partial charge is 0.339 e. The highest BCUT2D eigenvalue weighted by molar-refractivity contribution is 5.96. The van der Waals surface area contributed by atoms with E-state index in [1.54, 1.807) is 0 Å². The van der Waals surface area contributed by atoms with Crippen molar-refractivity contribution >= 4 is 22.6 Å². The fourth-order valence-electron chi connectivity index (χ4n) is 4.16. The van der Waals surface area contributed by atoms with Gasteiger partial charge in [0.1, 0.15) is 0 Å². The second-order valence-corrected chi connectivity index (χ2v) is 8.27. The lowest BCUT2D eigenvalue weighted by molar-refractivity contribution is -0.117. The molecule has 0 aliphatic carbocycles. The first-order valence-electron chi connectivity index (χ1n) is 10.7. The summed E-state index contributed by atoms with van der Waals surface area (Å²) < 4.78 is 7.71. The fraction of sp³-hybridized carbons (Fsp3) is 0.333. The van der Waals surface area contributed by atoms with E-state index in [0.29, 0.717) is 24.7 Å². The van der Waals surface area contributed by atoms with Gasteiger partial charge >= 0.3 is 0 Å². The monoisotopic (exact) mass is 415 g/mol. The van der Waals surface area contributed by atoms with Crippen molar-refractivity contribution in [3.05, 3.63) is 59.7 Å². The Kier molecular flexibility index (Phi) is 4.81. The second-order valence-electron chi connectivity index (χ2n) is 8.27. The molecule has 7 heteroatoms. The summed E-state index contributed by atoms with van der Waals surface area (Å²) in [5.74, 6) is 1.00. The number of amides is 1. The van der Waals surface area contributed by atoms with Crippen LogP contribution in [0.25, 0.3) is 22.4 Å². The van der Waals surface area contributed by atoms with Gasteiger partial charge in [-0.2, -0.15) is 4.98 Å². The number of imidazole rings is 1. The van der Waals surface area contributed by atoms with E-state index in [0.717, 1.165) is 35.2 Å². The third-order valence-electron chi connectivity index (χ3n) is 6.06. The summed E-state index contributed by atoms with van der Waals surface area (Å²) in [4.78, 5) is 23.6. The number of carbonyl (C=O) groups is 1. The normalized spacial score (nSPS) is 16.5. The molecule has 0 bridgehead atoms. The number of benzene rings is 2. The van der Waals surface area contributed by atoms with Crippen molar-refractivity contribution in [1.29, 1.82) is 0 Å². The van der Waals surface area contributed by atoms with E-state index in [-0.39, 0.29) is 11.8 Å². The molecule has 1 amide bonds. The predicted octanol–water partition coefficient (Wildman–Crippen LogP) is 4.63. The molecule has 158 valence electrons. The number of hydrogen-bond donors (Lipinski definition) is 0. The van der Waals surface area contributed by atoms with E-state index in [4.69, 9.17) is 4.52 Å². The van der Waals surface area contributed by atoms with Crippen LogP contribution in [0.2, 0.25) is 0 Å². The number of aromatic nitrogens is 4. The van der Waals surface area contributed by atoms with Crippen molar-refractivity contribution in [2.24, 2.45) is 0 Å². The van der Waals surface area contributed by atoms with Gasteiger partial charge in [-0.25, -0.2) is 4.98 Å². The molecule has 0 N–H and O–H groups in total. The molecule has 3 heterocycles. The number of fused-ring (bicyclic) bond motifs is 1. The molecule has 0 spiro atoms. The molecule has 2 aromatic carbocycles. The van der Waals surface area contributed by atoms with E-state index in [1.807, 2.05) is 41.6 Å². The van der Waals surface area contributed by atoms with E-state index in [2.05, 4.69) is 46.5 Å². The molecule has 4 aromatic rings. The zero-order chi connectivity index (χ0) is 21.5. The maximum absolute atomic E-state index is 12.7. The molecule has 5 rings (SSSR count). The van der Waals surface area contributed by atoms with Gasteiger partial charge in [0, 0.05) is 30.8 Å². The molecular weight excluding hydrogens is 390 g/mol. The number of aryl methyl sites for hydroxylation is 3. The van der Waals surface area contributed by atoms with E-state index >= 15 is 0 Å². The van der Waals surface area contributed by atoms with Crippen LogP contribution in [-0.2, 0) is 11.3 Å². The van der Waals surface area contributed by atoms with E-state index in [9.17, 15) is 4.79 Å². The van der Waals surface area contributed by atoms with E-state index < -0.39 is 0 Å². The molecule has 0 saturated carbocycles. The van der Waals surface area contributed by atoms with Crippen LogP contribution >= 0.6 is 0 Å². The highest BCUT2D eigenvalue weighted by atomic mass is 16.5. The minimum atomic E-state index is -0.108. The first-order chi connectivity index (χ1) is 15.0. The Bertz CT molecular complexity index is 1270. The van der Waals surface area contributed by atoms with Crippen molar-refractivity contribution in [3.63, 3.8) is 0 Å². The quantitative estimate of drug-likeness (QED) is 0.475. The third kappa shape index (κ3) is 3.50. The van der Waals surface area contributed by atoms with Crippen LogP contribution in [0, 0.1) is 13.8 Å². The second kappa shape index (κ2) is 7.65. The van der Waals surface area contributed by atoms with Gasteiger partial charge in [-0.15, -0.1) is 0 Å². The van der Waals surface area contributed by atoms with Crippen LogP contribution in [-0.4, -0.2) is 32.1 Å². The lowest BCUT2D eigenvalue weighted by atomic mass is 10.1. The van der Waals surface area contributed by atoms with Gasteiger partial charge in [-0.1, -0.05) is 18.1 Å². The van der Waals surface area contributed by atoms with Gasteiger partial charge in [-0.3, -0.25) is 4.79 Å². The Morgan fingerprint density at radius 3 is 2.81 bits per heavy atom. The summed E-state index contributed by atoms with van der Waals surface area (Å²) in [6.07, 6.45) is 3.29. The number of rotatable bonds is 5. The number of hydrogen-bond acceptors (Lipinski definition) is 5. The Labute approximate surface area is 180 Å². The van der Waals surface area contributed by atoms with Crippen molar-refractivity contribution in [3.8, 4) is 11.4 Å². The zero-order valence-electron chi connectivity index (χ0n) is 18.0. The third-order valence-corrected chi connectivity index (χ3v) is 6.06. The SMILES string of the molecule is CCCn1cnc2cc(-c3noc(C4CC(=O)N(c5ccc(C)c(C)c5)C4)n3)ccc21. The maximum atomic E-state index is 12.7. The Balaban J connectivity index is 1.37. The molecule has 31 heavy (non-hydrogen) atoms. The average Bonchev–Trinajstić information content (AvgIpc) is 3.49. The predicted molar refractivity (Wildman–Crippen MR) is 119 cm³/mol. The lowest BCUT2D eigenvalue weighted by Crippen LogP contribution is -2.24. The summed E-state index contributed by atoms with van der Waals surface area (Å²) in [5.41, 5.74) is 6.17. The van der Waals surface area contributed by atoms with Crippen LogP contribution in [0.3, 0.4) is 0 Å². The van der Waals surface area contributed by atoms with E-state index in [1.165, 1.54) is 11.1 Å². The topological polar surface area (TPSA) is 77.0 Å². The number of anilines is 1. The van der Waals surface area contributed by atoms with Gasteiger partial charge in [0.2, 0.25) is 17.6 Å². The number of carbonyl (C=O) groups excluding carboxylic acids is 1. The number of nitrogens with zero attached hydrogens (tertiary/aromatic N) is 5.